The topological polar surface area (TPSA) is 9.23 Å². The molecule has 62 valence electrons. The van der Waals surface area contributed by atoms with Gasteiger partial charge >= 0.3 is 0 Å². The Balaban J connectivity index is 2.67. The molecular formula is C9H7BrOS. The van der Waals surface area contributed by atoms with E-state index >= 15 is 0 Å². The molecule has 1 heterocycles. The molecule has 2 aromatic rings. The normalized spacial score (nSPS) is 10.5. The van der Waals surface area contributed by atoms with Crippen molar-refractivity contribution in [1.82, 2.24) is 0 Å². The smallest absolute Gasteiger partial charge is 0.174 e. The lowest BCUT2D eigenvalue weighted by atomic mass is 10.3. The van der Waals surface area contributed by atoms with Crippen molar-refractivity contribution in [2.24, 2.45) is 0 Å². The van der Waals surface area contributed by atoms with Crippen LogP contribution < -0.4 is 4.74 Å². The van der Waals surface area contributed by atoms with Crippen molar-refractivity contribution in [1.29, 1.82) is 0 Å². The fraction of sp³-hybridized carbons (Fsp3) is 0.111. The van der Waals surface area contributed by atoms with Crippen LogP contribution >= 0.6 is 27.3 Å². The quantitative estimate of drug-likeness (QED) is 0.742. The van der Waals surface area contributed by atoms with Gasteiger partial charge in [-0.15, -0.1) is 0 Å². The van der Waals surface area contributed by atoms with Crippen LogP contribution in [0.4, 0.5) is 0 Å². The van der Waals surface area contributed by atoms with Gasteiger partial charge < -0.3 is 4.74 Å². The minimum Gasteiger partial charge on any atom is -0.487 e. The SMILES string of the molecule is COc1cc2ccc(Br)cc2s1. The zero-order chi connectivity index (χ0) is 8.55. The van der Waals surface area contributed by atoms with Crippen molar-refractivity contribution in [3.8, 4) is 5.06 Å². The summed E-state index contributed by atoms with van der Waals surface area (Å²) in [5.41, 5.74) is 0. The molecule has 0 aliphatic rings. The zero-order valence-corrected chi connectivity index (χ0v) is 8.91. The Bertz CT molecular complexity index is 408. The predicted molar refractivity (Wildman–Crippen MR) is 56.1 cm³/mol. The Morgan fingerprint density at radius 3 is 2.92 bits per heavy atom. The fourth-order valence-corrected chi connectivity index (χ4v) is 2.51. The number of benzene rings is 1. The van der Waals surface area contributed by atoms with E-state index in [1.807, 2.05) is 12.1 Å². The molecule has 0 amide bonds. The molecule has 0 unspecified atom stereocenters. The second-order valence-electron chi connectivity index (χ2n) is 2.45. The van der Waals surface area contributed by atoms with E-state index in [-0.39, 0.29) is 0 Å². The van der Waals surface area contributed by atoms with Crippen LogP contribution in [0.3, 0.4) is 0 Å². The lowest BCUT2D eigenvalue weighted by Gasteiger charge is -1.88. The first kappa shape index (κ1) is 8.08. The van der Waals surface area contributed by atoms with Crippen molar-refractivity contribution < 1.29 is 4.74 Å². The summed E-state index contributed by atoms with van der Waals surface area (Å²) < 4.78 is 7.50. The number of hydrogen-bond acceptors (Lipinski definition) is 2. The highest BCUT2D eigenvalue weighted by atomic mass is 79.9. The van der Waals surface area contributed by atoms with E-state index < -0.39 is 0 Å². The summed E-state index contributed by atoms with van der Waals surface area (Å²) in [4.78, 5) is 0. The maximum Gasteiger partial charge on any atom is 0.174 e. The third-order valence-electron chi connectivity index (χ3n) is 1.66. The van der Waals surface area contributed by atoms with Crippen molar-refractivity contribution in [2.45, 2.75) is 0 Å². The molecule has 0 aliphatic carbocycles. The molecule has 2 rings (SSSR count). The van der Waals surface area contributed by atoms with Gasteiger partial charge in [-0.2, -0.15) is 0 Å². The van der Waals surface area contributed by atoms with Crippen LogP contribution in [0.5, 0.6) is 5.06 Å². The van der Waals surface area contributed by atoms with E-state index in [0.717, 1.165) is 9.54 Å². The summed E-state index contributed by atoms with van der Waals surface area (Å²) in [6.07, 6.45) is 0. The molecule has 0 atom stereocenters. The molecule has 0 saturated heterocycles. The first-order chi connectivity index (χ1) is 5.79. The molecule has 1 aromatic heterocycles. The first-order valence-corrected chi connectivity index (χ1v) is 5.13. The van der Waals surface area contributed by atoms with E-state index in [0.29, 0.717) is 0 Å². The molecule has 12 heavy (non-hydrogen) atoms. The van der Waals surface area contributed by atoms with Crippen molar-refractivity contribution in [3.05, 3.63) is 28.7 Å². The summed E-state index contributed by atoms with van der Waals surface area (Å²) in [6.45, 7) is 0. The second-order valence-corrected chi connectivity index (χ2v) is 4.41. The Labute approximate surface area is 83.1 Å². The highest BCUT2D eigenvalue weighted by Gasteiger charge is 2.00. The highest BCUT2D eigenvalue weighted by Crippen LogP contribution is 2.32. The van der Waals surface area contributed by atoms with Crippen molar-refractivity contribution in [3.63, 3.8) is 0 Å². The number of halogens is 1. The maximum atomic E-state index is 5.14. The summed E-state index contributed by atoms with van der Waals surface area (Å²) in [7, 11) is 1.69. The molecule has 0 N–H and O–H groups in total. The molecule has 0 bridgehead atoms. The number of ether oxygens (including phenoxy) is 1. The zero-order valence-electron chi connectivity index (χ0n) is 6.50. The van der Waals surface area contributed by atoms with Gasteiger partial charge in [0.2, 0.25) is 0 Å². The van der Waals surface area contributed by atoms with Gasteiger partial charge in [-0.05, 0) is 23.6 Å². The van der Waals surface area contributed by atoms with Crippen LogP contribution in [0, 0.1) is 0 Å². The summed E-state index contributed by atoms with van der Waals surface area (Å²) in [5.74, 6) is 0. The van der Waals surface area contributed by atoms with Crippen LogP contribution in [0.1, 0.15) is 0 Å². The maximum absolute atomic E-state index is 5.14. The number of rotatable bonds is 1. The number of thiophene rings is 1. The van der Waals surface area contributed by atoms with Crippen LogP contribution in [0.2, 0.25) is 0 Å². The van der Waals surface area contributed by atoms with E-state index in [1.54, 1.807) is 18.4 Å². The van der Waals surface area contributed by atoms with E-state index in [9.17, 15) is 0 Å². The van der Waals surface area contributed by atoms with E-state index in [4.69, 9.17) is 4.74 Å². The molecule has 0 radical (unpaired) electrons. The Kier molecular flexibility index (Phi) is 2.07. The monoisotopic (exact) mass is 242 g/mol. The summed E-state index contributed by atoms with van der Waals surface area (Å²) in [6, 6.07) is 8.27. The lowest BCUT2D eigenvalue weighted by molar-refractivity contribution is 0.427. The minimum atomic E-state index is 0.961. The number of methoxy groups -OCH3 is 1. The largest absolute Gasteiger partial charge is 0.487 e. The minimum absolute atomic E-state index is 0.961. The van der Waals surface area contributed by atoms with Gasteiger partial charge in [-0.3, -0.25) is 0 Å². The molecule has 0 saturated carbocycles. The Morgan fingerprint density at radius 2 is 2.17 bits per heavy atom. The molecule has 1 aromatic carbocycles. The highest BCUT2D eigenvalue weighted by molar-refractivity contribution is 9.10. The van der Waals surface area contributed by atoms with Gasteiger partial charge in [-0.1, -0.05) is 33.3 Å². The average molecular weight is 243 g/mol. The van der Waals surface area contributed by atoms with E-state index in [2.05, 4.69) is 28.1 Å². The van der Waals surface area contributed by atoms with Gasteiger partial charge in [0.1, 0.15) is 0 Å². The molecule has 0 aliphatic heterocycles. The van der Waals surface area contributed by atoms with Crippen LogP contribution in [0.25, 0.3) is 10.1 Å². The molecule has 0 fully saturated rings. The van der Waals surface area contributed by atoms with Crippen molar-refractivity contribution in [2.75, 3.05) is 7.11 Å². The third-order valence-corrected chi connectivity index (χ3v) is 3.21. The van der Waals surface area contributed by atoms with Crippen LogP contribution in [-0.4, -0.2) is 7.11 Å². The molecular weight excluding hydrogens is 236 g/mol. The number of hydrogen-bond donors (Lipinski definition) is 0. The van der Waals surface area contributed by atoms with Crippen LogP contribution in [-0.2, 0) is 0 Å². The second kappa shape index (κ2) is 3.07. The van der Waals surface area contributed by atoms with Gasteiger partial charge in [-0.25, -0.2) is 0 Å². The Morgan fingerprint density at radius 1 is 1.33 bits per heavy atom. The van der Waals surface area contributed by atoms with Gasteiger partial charge in [0, 0.05) is 9.17 Å². The van der Waals surface area contributed by atoms with E-state index in [1.165, 1.54) is 10.1 Å². The molecule has 0 spiro atoms. The lowest BCUT2D eigenvalue weighted by Crippen LogP contribution is -1.73. The Hall–Kier alpha value is -0.540. The number of fused-ring (bicyclic) bond motifs is 1. The standard InChI is InChI=1S/C9H7BrOS/c1-11-9-4-6-2-3-7(10)5-8(6)12-9/h2-5H,1H3. The fourth-order valence-electron chi connectivity index (χ4n) is 1.08. The van der Waals surface area contributed by atoms with Gasteiger partial charge in [0.15, 0.2) is 5.06 Å². The van der Waals surface area contributed by atoms with Crippen molar-refractivity contribution >= 4 is 37.4 Å². The molecule has 1 nitrogen and oxygen atoms in total. The first-order valence-electron chi connectivity index (χ1n) is 3.52. The van der Waals surface area contributed by atoms with Gasteiger partial charge in [0.05, 0.1) is 7.11 Å². The average Bonchev–Trinajstić information content (AvgIpc) is 2.46. The van der Waals surface area contributed by atoms with Gasteiger partial charge in [0.25, 0.3) is 0 Å². The summed E-state index contributed by atoms with van der Waals surface area (Å²) >= 11 is 5.09. The molecule has 3 heteroatoms. The predicted octanol–water partition coefficient (Wildman–Crippen LogP) is 3.67. The summed E-state index contributed by atoms with van der Waals surface area (Å²) in [5, 5.41) is 2.20. The third kappa shape index (κ3) is 1.34. The van der Waals surface area contributed by atoms with Crippen LogP contribution in [0.15, 0.2) is 28.7 Å².